The quantitative estimate of drug-likeness (QED) is 0.370. The summed E-state index contributed by atoms with van der Waals surface area (Å²) in [6.07, 6.45) is 0. The molecule has 0 radical (unpaired) electrons. The second-order valence-corrected chi connectivity index (χ2v) is 6.92. The minimum atomic E-state index is 1.15. The van der Waals surface area contributed by atoms with Crippen LogP contribution in [0.3, 0.4) is 0 Å². The standard InChI is InChI=1S/C26H23N/c1-20-8-14-24(15-9-20)27(25-16-10-21(2)11-17-25)26-18-12-23(13-19-26)22-6-4-3-5-7-22/h3-19H,1-2H3. The van der Waals surface area contributed by atoms with Gasteiger partial charge in [0, 0.05) is 17.1 Å². The van der Waals surface area contributed by atoms with E-state index in [0.717, 1.165) is 17.1 Å². The fourth-order valence-corrected chi connectivity index (χ4v) is 3.27. The van der Waals surface area contributed by atoms with Gasteiger partial charge in [0.1, 0.15) is 0 Å². The third-order valence-electron chi connectivity index (χ3n) is 4.82. The first-order chi connectivity index (χ1) is 13.2. The lowest BCUT2D eigenvalue weighted by molar-refractivity contribution is 1.27. The summed E-state index contributed by atoms with van der Waals surface area (Å²) >= 11 is 0. The van der Waals surface area contributed by atoms with Crippen molar-refractivity contribution in [3.8, 4) is 11.1 Å². The predicted octanol–water partition coefficient (Wildman–Crippen LogP) is 7.44. The molecule has 1 nitrogen and oxygen atoms in total. The average Bonchev–Trinajstić information content (AvgIpc) is 2.72. The first-order valence-electron chi connectivity index (χ1n) is 9.30. The van der Waals surface area contributed by atoms with E-state index in [1.165, 1.54) is 22.3 Å². The van der Waals surface area contributed by atoms with E-state index < -0.39 is 0 Å². The Labute approximate surface area is 161 Å². The molecule has 0 fully saturated rings. The zero-order valence-electron chi connectivity index (χ0n) is 15.8. The van der Waals surface area contributed by atoms with Crippen LogP contribution in [-0.2, 0) is 0 Å². The van der Waals surface area contributed by atoms with Gasteiger partial charge in [-0.2, -0.15) is 0 Å². The lowest BCUT2D eigenvalue weighted by Gasteiger charge is -2.26. The van der Waals surface area contributed by atoms with Crippen molar-refractivity contribution in [1.29, 1.82) is 0 Å². The topological polar surface area (TPSA) is 3.24 Å². The first kappa shape index (κ1) is 17.1. The van der Waals surface area contributed by atoms with Gasteiger partial charge < -0.3 is 4.90 Å². The van der Waals surface area contributed by atoms with Gasteiger partial charge >= 0.3 is 0 Å². The summed E-state index contributed by atoms with van der Waals surface area (Å²) in [5.74, 6) is 0. The molecule has 0 amide bonds. The second kappa shape index (κ2) is 7.51. The van der Waals surface area contributed by atoms with Gasteiger partial charge in [0.2, 0.25) is 0 Å². The van der Waals surface area contributed by atoms with Crippen LogP contribution >= 0.6 is 0 Å². The Morgan fingerprint density at radius 1 is 0.407 bits per heavy atom. The Bertz CT molecular complexity index is 953. The van der Waals surface area contributed by atoms with Crippen LogP contribution in [0.2, 0.25) is 0 Å². The Hall–Kier alpha value is -3.32. The molecule has 0 atom stereocenters. The summed E-state index contributed by atoms with van der Waals surface area (Å²) in [7, 11) is 0. The largest absolute Gasteiger partial charge is 0.311 e. The van der Waals surface area contributed by atoms with E-state index in [2.05, 4.69) is 116 Å². The molecule has 4 aromatic rings. The zero-order valence-corrected chi connectivity index (χ0v) is 15.8. The molecular formula is C26H23N. The zero-order chi connectivity index (χ0) is 18.6. The normalized spacial score (nSPS) is 10.6. The molecule has 4 rings (SSSR count). The lowest BCUT2D eigenvalue weighted by Crippen LogP contribution is -2.09. The number of hydrogen-bond acceptors (Lipinski definition) is 1. The Balaban J connectivity index is 1.76. The molecule has 0 unspecified atom stereocenters. The van der Waals surface area contributed by atoms with Crippen molar-refractivity contribution in [2.24, 2.45) is 0 Å². The molecule has 0 saturated heterocycles. The minimum Gasteiger partial charge on any atom is -0.311 e. The summed E-state index contributed by atoms with van der Waals surface area (Å²) in [5, 5.41) is 0. The first-order valence-corrected chi connectivity index (χ1v) is 9.30. The maximum atomic E-state index is 2.30. The van der Waals surface area contributed by atoms with Crippen LogP contribution in [-0.4, -0.2) is 0 Å². The lowest BCUT2D eigenvalue weighted by atomic mass is 10.0. The van der Waals surface area contributed by atoms with Gasteiger partial charge in [0.25, 0.3) is 0 Å². The van der Waals surface area contributed by atoms with Crippen molar-refractivity contribution >= 4 is 17.1 Å². The molecule has 0 N–H and O–H groups in total. The third-order valence-corrected chi connectivity index (χ3v) is 4.82. The molecule has 132 valence electrons. The molecule has 0 bridgehead atoms. The SMILES string of the molecule is Cc1ccc(N(c2ccc(C)cc2)c2ccc(-c3ccccc3)cc2)cc1. The predicted molar refractivity (Wildman–Crippen MR) is 116 cm³/mol. The van der Waals surface area contributed by atoms with Crippen LogP contribution in [0.5, 0.6) is 0 Å². The molecule has 1 heteroatoms. The van der Waals surface area contributed by atoms with Crippen molar-refractivity contribution in [2.45, 2.75) is 13.8 Å². The van der Waals surface area contributed by atoms with Gasteiger partial charge in [-0.3, -0.25) is 0 Å². The van der Waals surface area contributed by atoms with Gasteiger partial charge in [-0.1, -0.05) is 77.9 Å². The highest BCUT2D eigenvalue weighted by Crippen LogP contribution is 2.35. The van der Waals surface area contributed by atoms with E-state index in [4.69, 9.17) is 0 Å². The van der Waals surface area contributed by atoms with E-state index in [-0.39, 0.29) is 0 Å². The highest BCUT2D eigenvalue weighted by molar-refractivity contribution is 5.78. The molecule has 0 aromatic heterocycles. The van der Waals surface area contributed by atoms with Crippen LogP contribution in [0.25, 0.3) is 11.1 Å². The number of nitrogens with zero attached hydrogens (tertiary/aromatic N) is 1. The molecule has 0 heterocycles. The molecule has 0 aliphatic rings. The molecule has 27 heavy (non-hydrogen) atoms. The van der Waals surface area contributed by atoms with Crippen molar-refractivity contribution in [2.75, 3.05) is 4.90 Å². The fraction of sp³-hybridized carbons (Fsp3) is 0.0769. The number of anilines is 3. The summed E-state index contributed by atoms with van der Waals surface area (Å²) < 4.78 is 0. The van der Waals surface area contributed by atoms with Crippen molar-refractivity contribution in [3.63, 3.8) is 0 Å². The summed E-state index contributed by atoms with van der Waals surface area (Å²) in [5.41, 5.74) is 8.48. The van der Waals surface area contributed by atoms with Crippen LogP contribution in [0.4, 0.5) is 17.1 Å². The molecule has 0 spiro atoms. The number of aryl methyl sites for hydroxylation is 2. The van der Waals surface area contributed by atoms with Gasteiger partial charge in [-0.25, -0.2) is 0 Å². The van der Waals surface area contributed by atoms with Crippen LogP contribution < -0.4 is 4.90 Å². The molecule has 0 saturated carbocycles. The van der Waals surface area contributed by atoms with Gasteiger partial charge in [-0.05, 0) is 61.4 Å². The van der Waals surface area contributed by atoms with Crippen molar-refractivity contribution in [1.82, 2.24) is 0 Å². The molecule has 0 aliphatic carbocycles. The third kappa shape index (κ3) is 3.78. The highest BCUT2D eigenvalue weighted by atomic mass is 15.1. The Morgan fingerprint density at radius 2 is 0.778 bits per heavy atom. The minimum absolute atomic E-state index is 1.15. The molecular weight excluding hydrogens is 326 g/mol. The van der Waals surface area contributed by atoms with E-state index in [9.17, 15) is 0 Å². The van der Waals surface area contributed by atoms with E-state index in [1.54, 1.807) is 0 Å². The highest BCUT2D eigenvalue weighted by Gasteiger charge is 2.12. The van der Waals surface area contributed by atoms with Crippen LogP contribution in [0.15, 0.2) is 103 Å². The Morgan fingerprint density at radius 3 is 1.22 bits per heavy atom. The van der Waals surface area contributed by atoms with E-state index in [0.29, 0.717) is 0 Å². The van der Waals surface area contributed by atoms with Crippen LogP contribution in [0, 0.1) is 13.8 Å². The van der Waals surface area contributed by atoms with Gasteiger partial charge in [0.05, 0.1) is 0 Å². The summed E-state index contributed by atoms with van der Waals surface area (Å²) in [6.45, 7) is 4.24. The average molecular weight is 349 g/mol. The number of hydrogen-bond donors (Lipinski definition) is 0. The summed E-state index contributed by atoms with van der Waals surface area (Å²) in [6, 6.07) is 36.6. The second-order valence-electron chi connectivity index (χ2n) is 6.92. The number of benzene rings is 4. The van der Waals surface area contributed by atoms with Crippen molar-refractivity contribution < 1.29 is 0 Å². The molecule has 4 aromatic carbocycles. The fourth-order valence-electron chi connectivity index (χ4n) is 3.27. The van der Waals surface area contributed by atoms with Gasteiger partial charge in [-0.15, -0.1) is 0 Å². The monoisotopic (exact) mass is 349 g/mol. The Kier molecular flexibility index (Phi) is 4.76. The van der Waals surface area contributed by atoms with Gasteiger partial charge in [0.15, 0.2) is 0 Å². The van der Waals surface area contributed by atoms with E-state index >= 15 is 0 Å². The smallest absolute Gasteiger partial charge is 0.0462 e. The maximum absolute atomic E-state index is 2.30. The van der Waals surface area contributed by atoms with Crippen molar-refractivity contribution in [3.05, 3.63) is 114 Å². The summed E-state index contributed by atoms with van der Waals surface area (Å²) in [4.78, 5) is 2.30. The molecule has 0 aliphatic heterocycles. The van der Waals surface area contributed by atoms with Crippen LogP contribution in [0.1, 0.15) is 11.1 Å². The maximum Gasteiger partial charge on any atom is 0.0462 e. The van der Waals surface area contributed by atoms with E-state index in [1.807, 2.05) is 6.07 Å². The number of rotatable bonds is 4.